The van der Waals surface area contributed by atoms with Crippen LogP contribution in [-0.2, 0) is 17.9 Å². The topological polar surface area (TPSA) is 56.6 Å². The molecule has 0 saturated heterocycles. The van der Waals surface area contributed by atoms with Crippen molar-refractivity contribution >= 4 is 16.9 Å². The number of nitrogens with zero attached hydrogens (tertiary/aromatic N) is 3. The molecule has 1 aromatic heterocycles. The highest BCUT2D eigenvalue weighted by Crippen LogP contribution is 2.27. The van der Waals surface area contributed by atoms with Gasteiger partial charge in [-0.2, -0.15) is 0 Å². The van der Waals surface area contributed by atoms with E-state index in [0.717, 1.165) is 29.7 Å². The number of methoxy groups -OCH3 is 1. The number of amides is 1. The summed E-state index contributed by atoms with van der Waals surface area (Å²) in [5.74, 6) is 2.17. The average molecular weight is 408 g/mol. The van der Waals surface area contributed by atoms with E-state index in [1.807, 2.05) is 65.0 Å². The minimum absolute atomic E-state index is 0.114. The number of imidazole rings is 1. The molecule has 1 saturated carbocycles. The number of fused-ring (bicyclic) bond motifs is 1. The van der Waals surface area contributed by atoms with Crippen LogP contribution in [0.3, 0.4) is 0 Å². The maximum Gasteiger partial charge on any atom is 0.242 e. The van der Waals surface area contributed by atoms with Crippen LogP contribution in [0.4, 0.5) is 0 Å². The predicted molar refractivity (Wildman–Crippen MR) is 117 cm³/mol. The molecule has 3 aromatic rings. The lowest BCUT2D eigenvalue weighted by molar-refractivity contribution is -0.133. The lowest BCUT2D eigenvalue weighted by Gasteiger charge is -2.31. The molecule has 1 amide bonds. The van der Waals surface area contributed by atoms with E-state index in [-0.39, 0.29) is 19.1 Å². The third kappa shape index (κ3) is 4.27. The van der Waals surface area contributed by atoms with Crippen molar-refractivity contribution < 1.29 is 14.3 Å². The molecule has 158 valence electrons. The summed E-state index contributed by atoms with van der Waals surface area (Å²) in [6, 6.07) is 15.8. The van der Waals surface area contributed by atoms with Crippen LogP contribution in [0.15, 0.2) is 48.5 Å². The standard InChI is InChI=1S/C24H29N3O3/c1-26(18-10-4-3-5-11-18)24(28)16-27-20-13-7-6-12-19(20)25-23(27)17-30-22-15-9-8-14-21(22)29-2/h6-9,12-15,18H,3-5,10-11,16-17H2,1-2H3. The van der Waals surface area contributed by atoms with Gasteiger partial charge in [0.25, 0.3) is 0 Å². The summed E-state index contributed by atoms with van der Waals surface area (Å²) < 4.78 is 13.4. The quantitative estimate of drug-likeness (QED) is 0.582. The summed E-state index contributed by atoms with van der Waals surface area (Å²) in [5.41, 5.74) is 1.81. The molecule has 0 atom stereocenters. The average Bonchev–Trinajstić information content (AvgIpc) is 3.15. The van der Waals surface area contributed by atoms with E-state index in [1.165, 1.54) is 19.3 Å². The number of carbonyl (C=O) groups is 1. The molecule has 1 fully saturated rings. The van der Waals surface area contributed by atoms with Gasteiger partial charge in [0.2, 0.25) is 5.91 Å². The van der Waals surface area contributed by atoms with Gasteiger partial charge in [-0.25, -0.2) is 4.98 Å². The Morgan fingerprint density at radius 1 is 1.07 bits per heavy atom. The smallest absolute Gasteiger partial charge is 0.242 e. The number of hydrogen-bond donors (Lipinski definition) is 0. The van der Waals surface area contributed by atoms with Crippen molar-refractivity contribution in [2.75, 3.05) is 14.2 Å². The van der Waals surface area contributed by atoms with Crippen LogP contribution in [0, 0.1) is 0 Å². The van der Waals surface area contributed by atoms with Gasteiger partial charge in [-0.1, -0.05) is 43.5 Å². The second-order valence-corrected chi connectivity index (χ2v) is 7.84. The molecule has 2 aromatic carbocycles. The zero-order valence-electron chi connectivity index (χ0n) is 17.7. The van der Waals surface area contributed by atoms with E-state index >= 15 is 0 Å². The fourth-order valence-corrected chi connectivity index (χ4v) is 4.21. The Balaban J connectivity index is 1.56. The van der Waals surface area contributed by atoms with E-state index < -0.39 is 0 Å². The van der Waals surface area contributed by atoms with Crippen molar-refractivity contribution in [3.05, 3.63) is 54.4 Å². The van der Waals surface area contributed by atoms with Gasteiger partial charge in [-0.3, -0.25) is 4.79 Å². The minimum Gasteiger partial charge on any atom is -0.493 e. The van der Waals surface area contributed by atoms with Crippen LogP contribution >= 0.6 is 0 Å². The molecule has 0 bridgehead atoms. The lowest BCUT2D eigenvalue weighted by Crippen LogP contribution is -2.40. The van der Waals surface area contributed by atoms with Crippen molar-refractivity contribution in [3.8, 4) is 11.5 Å². The molecule has 1 heterocycles. The van der Waals surface area contributed by atoms with Crippen LogP contribution in [-0.4, -0.2) is 40.6 Å². The van der Waals surface area contributed by atoms with Crippen molar-refractivity contribution in [2.24, 2.45) is 0 Å². The molecule has 1 aliphatic rings. The zero-order valence-corrected chi connectivity index (χ0v) is 17.7. The summed E-state index contributed by atoms with van der Waals surface area (Å²) in [5, 5.41) is 0. The molecule has 0 spiro atoms. The Morgan fingerprint density at radius 3 is 2.53 bits per heavy atom. The van der Waals surface area contributed by atoms with Gasteiger partial charge in [-0.05, 0) is 37.1 Å². The number of hydrogen-bond acceptors (Lipinski definition) is 4. The fraction of sp³-hybridized carbons (Fsp3) is 0.417. The van der Waals surface area contributed by atoms with Gasteiger partial charge in [0.15, 0.2) is 11.5 Å². The van der Waals surface area contributed by atoms with E-state index in [4.69, 9.17) is 14.5 Å². The maximum atomic E-state index is 13.1. The van der Waals surface area contributed by atoms with Crippen LogP contribution in [0.1, 0.15) is 37.9 Å². The van der Waals surface area contributed by atoms with Gasteiger partial charge in [0.05, 0.1) is 18.1 Å². The van der Waals surface area contributed by atoms with Crippen LogP contribution in [0.25, 0.3) is 11.0 Å². The number of rotatable bonds is 7. The van der Waals surface area contributed by atoms with Crippen LogP contribution < -0.4 is 9.47 Å². The van der Waals surface area contributed by atoms with E-state index in [9.17, 15) is 4.79 Å². The van der Waals surface area contributed by atoms with Gasteiger partial charge in [-0.15, -0.1) is 0 Å². The third-order valence-corrected chi connectivity index (χ3v) is 5.97. The second kappa shape index (κ2) is 9.20. The molecular formula is C24H29N3O3. The first-order chi connectivity index (χ1) is 14.7. The maximum absolute atomic E-state index is 13.1. The van der Waals surface area contributed by atoms with Crippen LogP contribution in [0.2, 0.25) is 0 Å². The van der Waals surface area contributed by atoms with E-state index in [2.05, 4.69) is 0 Å². The summed E-state index contributed by atoms with van der Waals surface area (Å²) in [6.07, 6.45) is 5.87. The van der Waals surface area contributed by atoms with Gasteiger partial charge < -0.3 is 18.9 Å². The third-order valence-electron chi connectivity index (χ3n) is 5.97. The SMILES string of the molecule is COc1ccccc1OCc1nc2ccccc2n1CC(=O)N(C)C1CCCCC1. The summed E-state index contributed by atoms with van der Waals surface area (Å²) in [4.78, 5) is 19.8. The number of aromatic nitrogens is 2. The normalized spacial score (nSPS) is 14.6. The number of para-hydroxylation sites is 4. The van der Waals surface area contributed by atoms with Crippen molar-refractivity contribution in [2.45, 2.75) is 51.3 Å². The Bertz CT molecular complexity index is 1010. The molecule has 30 heavy (non-hydrogen) atoms. The fourth-order valence-electron chi connectivity index (χ4n) is 4.21. The van der Waals surface area contributed by atoms with Crippen molar-refractivity contribution in [3.63, 3.8) is 0 Å². The molecular weight excluding hydrogens is 378 g/mol. The first-order valence-corrected chi connectivity index (χ1v) is 10.6. The molecule has 6 heteroatoms. The number of benzene rings is 2. The first-order valence-electron chi connectivity index (χ1n) is 10.6. The molecule has 0 unspecified atom stereocenters. The van der Waals surface area contributed by atoms with Gasteiger partial charge in [0.1, 0.15) is 19.0 Å². The number of carbonyl (C=O) groups excluding carboxylic acids is 1. The molecule has 6 nitrogen and oxygen atoms in total. The Hall–Kier alpha value is -3.02. The minimum atomic E-state index is 0.114. The van der Waals surface area contributed by atoms with Crippen molar-refractivity contribution in [1.82, 2.24) is 14.5 Å². The Labute approximate surface area is 177 Å². The van der Waals surface area contributed by atoms with Gasteiger partial charge in [0, 0.05) is 13.1 Å². The lowest BCUT2D eigenvalue weighted by atomic mass is 9.94. The number of likely N-dealkylation sites (N-methyl/N-ethyl adjacent to an activating group) is 1. The molecule has 0 radical (unpaired) electrons. The highest BCUT2D eigenvalue weighted by Gasteiger charge is 2.23. The predicted octanol–water partition coefficient (Wildman–Crippen LogP) is 4.42. The summed E-state index contributed by atoms with van der Waals surface area (Å²) in [7, 11) is 3.56. The largest absolute Gasteiger partial charge is 0.493 e. The number of ether oxygens (including phenoxy) is 2. The Morgan fingerprint density at radius 2 is 1.77 bits per heavy atom. The second-order valence-electron chi connectivity index (χ2n) is 7.84. The van der Waals surface area contributed by atoms with E-state index in [1.54, 1.807) is 7.11 Å². The van der Waals surface area contributed by atoms with Crippen LogP contribution in [0.5, 0.6) is 11.5 Å². The Kier molecular flexibility index (Phi) is 6.21. The highest BCUT2D eigenvalue weighted by molar-refractivity contribution is 5.81. The summed E-state index contributed by atoms with van der Waals surface area (Å²) >= 11 is 0. The zero-order chi connectivity index (χ0) is 20.9. The first kappa shape index (κ1) is 20.3. The molecule has 4 rings (SSSR count). The van der Waals surface area contributed by atoms with E-state index in [0.29, 0.717) is 17.5 Å². The molecule has 0 aliphatic heterocycles. The van der Waals surface area contributed by atoms with Crippen molar-refractivity contribution in [1.29, 1.82) is 0 Å². The monoisotopic (exact) mass is 407 g/mol. The van der Waals surface area contributed by atoms with Gasteiger partial charge >= 0.3 is 0 Å². The molecule has 0 N–H and O–H groups in total. The molecule has 1 aliphatic carbocycles. The summed E-state index contributed by atoms with van der Waals surface area (Å²) in [6.45, 7) is 0.521. The highest BCUT2D eigenvalue weighted by atomic mass is 16.5.